The van der Waals surface area contributed by atoms with Gasteiger partial charge in [0.2, 0.25) is 5.95 Å². The van der Waals surface area contributed by atoms with Gasteiger partial charge < -0.3 is 10.0 Å². The minimum absolute atomic E-state index is 0.0586. The molecular weight excluding hydrogens is 246 g/mol. The molecule has 0 aromatic carbocycles. The molecule has 0 atom stereocenters. The van der Waals surface area contributed by atoms with E-state index in [1.54, 1.807) is 6.92 Å². The molecule has 0 radical (unpaired) electrons. The monoisotopic (exact) mass is 263 g/mol. The van der Waals surface area contributed by atoms with Crippen LogP contribution in [0.4, 0.5) is 5.95 Å². The van der Waals surface area contributed by atoms with E-state index in [1.807, 2.05) is 0 Å². The van der Waals surface area contributed by atoms with Crippen LogP contribution >= 0.6 is 0 Å². The summed E-state index contributed by atoms with van der Waals surface area (Å²) in [5, 5.41) is 12.0. The van der Waals surface area contributed by atoms with E-state index in [9.17, 15) is 4.79 Å². The van der Waals surface area contributed by atoms with E-state index in [0.29, 0.717) is 29.4 Å². The van der Waals surface area contributed by atoms with Crippen molar-refractivity contribution in [2.75, 3.05) is 24.6 Å². The Morgan fingerprint density at radius 2 is 2.05 bits per heavy atom. The highest BCUT2D eigenvalue weighted by molar-refractivity contribution is 5.41. The first-order valence-electron chi connectivity index (χ1n) is 6.55. The van der Waals surface area contributed by atoms with Gasteiger partial charge in [0.25, 0.3) is 11.3 Å². The standard InChI is InChI=1S/C12H17N5O2/c1-8-9(4-7-18)10(19)17-11(13-8)14-12(15-17)16-5-2-3-6-16/h18H,2-7H2,1H3,(H,13,14,15). The zero-order valence-corrected chi connectivity index (χ0v) is 10.9. The van der Waals surface area contributed by atoms with Gasteiger partial charge in [0.1, 0.15) is 0 Å². The number of aliphatic hydroxyl groups is 1. The summed E-state index contributed by atoms with van der Waals surface area (Å²) in [5.41, 5.74) is 1.00. The highest BCUT2D eigenvalue weighted by atomic mass is 16.3. The predicted molar refractivity (Wildman–Crippen MR) is 70.6 cm³/mol. The van der Waals surface area contributed by atoms with Crippen LogP contribution in [0.25, 0.3) is 5.78 Å². The van der Waals surface area contributed by atoms with Crippen molar-refractivity contribution in [1.29, 1.82) is 0 Å². The number of aliphatic hydroxyl groups excluding tert-OH is 1. The number of aromatic nitrogens is 4. The van der Waals surface area contributed by atoms with Crippen molar-refractivity contribution in [3.05, 3.63) is 21.6 Å². The van der Waals surface area contributed by atoms with Crippen molar-refractivity contribution in [2.24, 2.45) is 0 Å². The second-order valence-electron chi connectivity index (χ2n) is 4.83. The van der Waals surface area contributed by atoms with Crippen LogP contribution in [0.3, 0.4) is 0 Å². The van der Waals surface area contributed by atoms with Crippen LogP contribution < -0.4 is 10.5 Å². The van der Waals surface area contributed by atoms with Crippen LogP contribution in [0, 0.1) is 6.92 Å². The molecule has 2 aromatic heterocycles. The molecule has 1 saturated heterocycles. The maximum absolute atomic E-state index is 12.3. The van der Waals surface area contributed by atoms with Crippen molar-refractivity contribution in [3.63, 3.8) is 0 Å². The molecule has 3 heterocycles. The molecule has 1 fully saturated rings. The van der Waals surface area contributed by atoms with Crippen LogP contribution in [-0.2, 0) is 6.42 Å². The third kappa shape index (κ3) is 1.99. The normalized spacial score (nSPS) is 15.6. The molecule has 2 aromatic rings. The molecule has 0 spiro atoms. The molecule has 2 N–H and O–H groups in total. The van der Waals surface area contributed by atoms with Gasteiger partial charge in [-0.1, -0.05) is 0 Å². The summed E-state index contributed by atoms with van der Waals surface area (Å²) in [5.74, 6) is 1.09. The Balaban J connectivity index is 2.12. The van der Waals surface area contributed by atoms with E-state index in [4.69, 9.17) is 5.11 Å². The van der Waals surface area contributed by atoms with Crippen LogP contribution in [0.2, 0.25) is 0 Å². The van der Waals surface area contributed by atoms with Crippen molar-refractivity contribution in [3.8, 4) is 0 Å². The third-order valence-corrected chi connectivity index (χ3v) is 3.55. The van der Waals surface area contributed by atoms with Gasteiger partial charge in [-0.25, -0.2) is 4.98 Å². The van der Waals surface area contributed by atoms with Crippen LogP contribution in [0.5, 0.6) is 0 Å². The van der Waals surface area contributed by atoms with Crippen LogP contribution in [-0.4, -0.2) is 44.4 Å². The lowest BCUT2D eigenvalue weighted by Crippen LogP contribution is -2.23. The minimum atomic E-state index is -0.172. The number of nitrogens with one attached hydrogen (secondary N) is 1. The van der Waals surface area contributed by atoms with Gasteiger partial charge in [-0.15, -0.1) is 0 Å². The van der Waals surface area contributed by atoms with E-state index in [0.717, 1.165) is 25.9 Å². The molecule has 1 aliphatic rings. The second kappa shape index (κ2) is 4.65. The zero-order chi connectivity index (χ0) is 13.4. The highest BCUT2D eigenvalue weighted by Crippen LogP contribution is 2.16. The molecule has 19 heavy (non-hydrogen) atoms. The van der Waals surface area contributed by atoms with E-state index in [2.05, 4.69) is 20.0 Å². The summed E-state index contributed by atoms with van der Waals surface area (Å²) in [7, 11) is 0. The number of fused-ring (bicyclic) bond motifs is 1. The molecule has 102 valence electrons. The number of hydrogen-bond acceptors (Lipinski definition) is 5. The van der Waals surface area contributed by atoms with E-state index >= 15 is 0 Å². The van der Waals surface area contributed by atoms with Gasteiger partial charge >= 0.3 is 0 Å². The SMILES string of the molecule is Cc1nc2nc(N3CCCC3)[nH]n2c(=O)c1CCO. The summed E-state index contributed by atoms with van der Waals surface area (Å²) >= 11 is 0. The summed E-state index contributed by atoms with van der Waals surface area (Å²) in [6, 6.07) is 0. The number of aromatic amines is 1. The Labute approximate surface area is 109 Å². The van der Waals surface area contributed by atoms with E-state index < -0.39 is 0 Å². The highest BCUT2D eigenvalue weighted by Gasteiger charge is 2.18. The molecule has 7 heteroatoms. The fourth-order valence-corrected chi connectivity index (χ4v) is 2.51. The van der Waals surface area contributed by atoms with Gasteiger partial charge in [-0.2, -0.15) is 9.50 Å². The average Bonchev–Trinajstić information content (AvgIpc) is 3.02. The fraction of sp³-hybridized carbons (Fsp3) is 0.583. The van der Waals surface area contributed by atoms with Crippen molar-refractivity contribution in [1.82, 2.24) is 19.6 Å². The maximum atomic E-state index is 12.3. The largest absolute Gasteiger partial charge is 0.396 e. The molecule has 0 unspecified atom stereocenters. The predicted octanol–water partition coefficient (Wildman–Crippen LogP) is -0.139. The Morgan fingerprint density at radius 1 is 1.32 bits per heavy atom. The molecule has 0 amide bonds. The minimum Gasteiger partial charge on any atom is -0.396 e. The smallest absolute Gasteiger partial charge is 0.277 e. The quantitative estimate of drug-likeness (QED) is 0.805. The topological polar surface area (TPSA) is 86.5 Å². The first-order valence-corrected chi connectivity index (χ1v) is 6.55. The third-order valence-electron chi connectivity index (χ3n) is 3.55. The number of anilines is 1. The molecular formula is C12H17N5O2. The molecule has 7 nitrogen and oxygen atoms in total. The first-order chi connectivity index (χ1) is 9.20. The molecule has 1 aliphatic heterocycles. The maximum Gasteiger partial charge on any atom is 0.277 e. The van der Waals surface area contributed by atoms with Gasteiger partial charge in [0, 0.05) is 31.7 Å². The van der Waals surface area contributed by atoms with Gasteiger partial charge in [-0.05, 0) is 19.8 Å². The number of hydrogen-bond donors (Lipinski definition) is 2. The van der Waals surface area contributed by atoms with Crippen LogP contribution in [0.15, 0.2) is 4.79 Å². The van der Waals surface area contributed by atoms with Gasteiger partial charge in [-0.3, -0.25) is 9.89 Å². The number of aryl methyl sites for hydroxylation is 1. The molecule has 3 rings (SSSR count). The number of nitrogens with zero attached hydrogens (tertiary/aromatic N) is 4. The van der Waals surface area contributed by atoms with Crippen LogP contribution in [0.1, 0.15) is 24.1 Å². The average molecular weight is 263 g/mol. The molecule has 0 bridgehead atoms. The Kier molecular flexibility index (Phi) is 2.98. The van der Waals surface area contributed by atoms with Crippen molar-refractivity contribution < 1.29 is 5.11 Å². The number of H-pyrrole nitrogens is 1. The van der Waals surface area contributed by atoms with Gasteiger partial charge in [0.05, 0.1) is 5.69 Å². The summed E-state index contributed by atoms with van der Waals surface area (Å²) < 4.78 is 1.37. The van der Waals surface area contributed by atoms with Crippen molar-refractivity contribution >= 4 is 11.7 Å². The van der Waals surface area contributed by atoms with E-state index in [-0.39, 0.29) is 12.2 Å². The fourth-order valence-electron chi connectivity index (χ4n) is 2.51. The first kappa shape index (κ1) is 12.2. The second-order valence-corrected chi connectivity index (χ2v) is 4.83. The Morgan fingerprint density at radius 3 is 2.74 bits per heavy atom. The van der Waals surface area contributed by atoms with Crippen molar-refractivity contribution in [2.45, 2.75) is 26.2 Å². The number of rotatable bonds is 3. The van der Waals surface area contributed by atoms with E-state index in [1.165, 1.54) is 4.52 Å². The molecule has 0 aliphatic carbocycles. The summed E-state index contributed by atoms with van der Waals surface area (Å²) in [6.45, 7) is 3.63. The summed E-state index contributed by atoms with van der Waals surface area (Å²) in [4.78, 5) is 23.1. The summed E-state index contributed by atoms with van der Waals surface area (Å²) in [6.07, 6.45) is 2.61. The lowest BCUT2D eigenvalue weighted by Gasteiger charge is -2.11. The lowest BCUT2D eigenvalue weighted by atomic mass is 10.2. The Bertz CT molecular complexity index is 654. The molecule has 0 saturated carbocycles. The zero-order valence-electron chi connectivity index (χ0n) is 10.9. The van der Waals surface area contributed by atoms with Gasteiger partial charge in [0.15, 0.2) is 0 Å². The lowest BCUT2D eigenvalue weighted by molar-refractivity contribution is 0.298. The Hall–Kier alpha value is -1.89.